The zero-order chi connectivity index (χ0) is 15.7. The van der Waals surface area contributed by atoms with E-state index in [-0.39, 0.29) is 5.91 Å². The molecule has 1 amide bonds. The van der Waals surface area contributed by atoms with Gasteiger partial charge in [-0.25, -0.2) is 0 Å². The third kappa shape index (κ3) is 5.63. The molecule has 118 valence electrons. The number of carbonyl (C=O) groups is 1. The number of benzene rings is 1. The van der Waals surface area contributed by atoms with Gasteiger partial charge in [-0.05, 0) is 38.1 Å². The van der Waals surface area contributed by atoms with Gasteiger partial charge >= 0.3 is 0 Å². The van der Waals surface area contributed by atoms with Crippen LogP contribution in [0.25, 0.3) is 0 Å². The number of rotatable bonds is 9. The summed E-state index contributed by atoms with van der Waals surface area (Å²) in [5.41, 5.74) is 1.10. The molecule has 21 heavy (non-hydrogen) atoms. The highest BCUT2D eigenvalue weighted by atomic mass is 16.5. The molecule has 0 radical (unpaired) electrons. The predicted octanol–water partition coefficient (Wildman–Crippen LogP) is 2.10. The van der Waals surface area contributed by atoms with Crippen molar-refractivity contribution in [1.29, 1.82) is 0 Å². The molecular weight excluding hydrogens is 268 g/mol. The summed E-state index contributed by atoms with van der Waals surface area (Å²) in [6.07, 6.45) is 1.47. The van der Waals surface area contributed by atoms with Gasteiger partial charge < -0.3 is 20.1 Å². The number of nitrogens with one attached hydrogen (secondary N) is 2. The van der Waals surface area contributed by atoms with Gasteiger partial charge in [-0.15, -0.1) is 0 Å². The van der Waals surface area contributed by atoms with Crippen molar-refractivity contribution in [2.45, 2.75) is 39.3 Å². The first kappa shape index (κ1) is 17.3. The van der Waals surface area contributed by atoms with Crippen molar-refractivity contribution >= 4 is 5.91 Å². The molecule has 5 nitrogen and oxygen atoms in total. The van der Waals surface area contributed by atoms with Gasteiger partial charge in [0.1, 0.15) is 0 Å². The molecule has 0 spiro atoms. The minimum atomic E-state index is -0.550. The highest BCUT2D eigenvalue weighted by Gasteiger charge is 2.16. The van der Waals surface area contributed by atoms with Crippen LogP contribution in [0.5, 0.6) is 11.5 Å². The molecule has 0 aliphatic rings. The maximum atomic E-state index is 11.9. The van der Waals surface area contributed by atoms with E-state index in [2.05, 4.69) is 17.6 Å². The number of hydrogen-bond donors (Lipinski definition) is 2. The SMILES string of the molecule is CCCCNC(=O)C(C)Oc1ccc(CNC)cc1OC. The zero-order valence-electron chi connectivity index (χ0n) is 13.4. The van der Waals surface area contributed by atoms with Crippen LogP contribution in [0.3, 0.4) is 0 Å². The molecule has 1 aromatic carbocycles. The van der Waals surface area contributed by atoms with E-state index in [0.29, 0.717) is 18.0 Å². The van der Waals surface area contributed by atoms with Crippen molar-refractivity contribution < 1.29 is 14.3 Å². The van der Waals surface area contributed by atoms with Crippen LogP contribution in [-0.2, 0) is 11.3 Å². The number of amides is 1. The lowest BCUT2D eigenvalue weighted by Crippen LogP contribution is -2.36. The average molecular weight is 294 g/mol. The molecule has 5 heteroatoms. The quantitative estimate of drug-likeness (QED) is 0.685. The van der Waals surface area contributed by atoms with E-state index >= 15 is 0 Å². The number of methoxy groups -OCH3 is 1. The fourth-order valence-electron chi connectivity index (χ4n) is 1.90. The third-order valence-corrected chi connectivity index (χ3v) is 3.11. The minimum absolute atomic E-state index is 0.107. The molecule has 1 aromatic rings. The van der Waals surface area contributed by atoms with Gasteiger partial charge in [-0.1, -0.05) is 19.4 Å². The summed E-state index contributed by atoms with van der Waals surface area (Å²) >= 11 is 0. The second-order valence-electron chi connectivity index (χ2n) is 4.92. The average Bonchev–Trinajstić information content (AvgIpc) is 2.49. The summed E-state index contributed by atoms with van der Waals surface area (Å²) in [6.45, 7) is 5.26. The van der Waals surface area contributed by atoms with Crippen LogP contribution in [0, 0.1) is 0 Å². The van der Waals surface area contributed by atoms with Crippen molar-refractivity contribution in [2.75, 3.05) is 20.7 Å². The molecule has 0 saturated carbocycles. The van der Waals surface area contributed by atoms with E-state index in [1.165, 1.54) is 0 Å². The number of unbranched alkanes of at least 4 members (excludes halogenated alkanes) is 1. The van der Waals surface area contributed by atoms with Crippen LogP contribution in [0.2, 0.25) is 0 Å². The van der Waals surface area contributed by atoms with E-state index in [1.54, 1.807) is 14.0 Å². The molecule has 0 bridgehead atoms. The van der Waals surface area contributed by atoms with Crippen LogP contribution >= 0.6 is 0 Å². The molecule has 0 fully saturated rings. The van der Waals surface area contributed by atoms with Gasteiger partial charge in [0.25, 0.3) is 5.91 Å². The maximum absolute atomic E-state index is 11.9. The summed E-state index contributed by atoms with van der Waals surface area (Å²) in [5.74, 6) is 1.11. The summed E-state index contributed by atoms with van der Waals surface area (Å²) < 4.78 is 11.0. The van der Waals surface area contributed by atoms with E-state index < -0.39 is 6.10 Å². The maximum Gasteiger partial charge on any atom is 0.260 e. The second-order valence-corrected chi connectivity index (χ2v) is 4.92. The molecule has 1 atom stereocenters. The summed E-state index contributed by atoms with van der Waals surface area (Å²) in [4.78, 5) is 11.9. The van der Waals surface area contributed by atoms with Gasteiger partial charge in [-0.2, -0.15) is 0 Å². The van der Waals surface area contributed by atoms with Crippen molar-refractivity contribution in [3.8, 4) is 11.5 Å². The molecule has 0 aromatic heterocycles. The van der Waals surface area contributed by atoms with E-state index in [0.717, 1.165) is 24.9 Å². The standard InChI is InChI=1S/C16H26N2O3/c1-5-6-9-18-16(19)12(2)21-14-8-7-13(11-17-3)10-15(14)20-4/h7-8,10,12,17H,5-6,9,11H2,1-4H3,(H,18,19). The first-order valence-corrected chi connectivity index (χ1v) is 7.38. The summed E-state index contributed by atoms with van der Waals surface area (Å²) in [7, 11) is 3.48. The van der Waals surface area contributed by atoms with E-state index in [1.807, 2.05) is 25.2 Å². The molecule has 1 rings (SSSR count). The van der Waals surface area contributed by atoms with Crippen molar-refractivity contribution in [3.63, 3.8) is 0 Å². The number of hydrogen-bond acceptors (Lipinski definition) is 4. The number of ether oxygens (including phenoxy) is 2. The normalized spacial score (nSPS) is 11.8. The lowest BCUT2D eigenvalue weighted by atomic mass is 10.2. The molecule has 1 unspecified atom stereocenters. The van der Waals surface area contributed by atoms with Crippen molar-refractivity contribution in [2.24, 2.45) is 0 Å². The summed E-state index contributed by atoms with van der Waals surface area (Å²) in [6, 6.07) is 5.70. The first-order chi connectivity index (χ1) is 10.1. The Balaban J connectivity index is 2.66. The molecular formula is C16H26N2O3. The lowest BCUT2D eigenvalue weighted by molar-refractivity contribution is -0.127. The first-order valence-electron chi connectivity index (χ1n) is 7.38. The zero-order valence-corrected chi connectivity index (χ0v) is 13.4. The molecule has 2 N–H and O–H groups in total. The van der Waals surface area contributed by atoms with E-state index in [9.17, 15) is 4.79 Å². The number of carbonyl (C=O) groups excluding carboxylic acids is 1. The largest absolute Gasteiger partial charge is 0.493 e. The fraction of sp³-hybridized carbons (Fsp3) is 0.562. The van der Waals surface area contributed by atoms with Gasteiger partial charge in [0.15, 0.2) is 17.6 Å². The van der Waals surface area contributed by atoms with Crippen LogP contribution in [0.1, 0.15) is 32.3 Å². The van der Waals surface area contributed by atoms with Gasteiger partial charge in [0.05, 0.1) is 7.11 Å². The monoisotopic (exact) mass is 294 g/mol. The molecule has 0 saturated heterocycles. The lowest BCUT2D eigenvalue weighted by Gasteiger charge is -2.17. The van der Waals surface area contributed by atoms with Crippen LogP contribution in [0.4, 0.5) is 0 Å². The Morgan fingerprint density at radius 1 is 1.33 bits per heavy atom. The molecule has 0 aliphatic heterocycles. The predicted molar refractivity (Wildman–Crippen MR) is 83.8 cm³/mol. The second kappa shape index (κ2) is 9.23. The fourth-order valence-corrected chi connectivity index (χ4v) is 1.90. The Morgan fingerprint density at radius 3 is 2.71 bits per heavy atom. The minimum Gasteiger partial charge on any atom is -0.493 e. The molecule has 0 heterocycles. The van der Waals surface area contributed by atoms with Gasteiger partial charge in [-0.3, -0.25) is 4.79 Å². The Labute approximate surface area is 127 Å². The Hall–Kier alpha value is -1.75. The Bertz CT molecular complexity index is 449. The van der Waals surface area contributed by atoms with Crippen molar-refractivity contribution in [1.82, 2.24) is 10.6 Å². The highest BCUT2D eigenvalue weighted by molar-refractivity contribution is 5.80. The van der Waals surface area contributed by atoms with Crippen LogP contribution in [0.15, 0.2) is 18.2 Å². The van der Waals surface area contributed by atoms with Gasteiger partial charge in [0, 0.05) is 13.1 Å². The van der Waals surface area contributed by atoms with Crippen molar-refractivity contribution in [3.05, 3.63) is 23.8 Å². The Morgan fingerprint density at radius 2 is 2.10 bits per heavy atom. The van der Waals surface area contributed by atoms with E-state index in [4.69, 9.17) is 9.47 Å². The summed E-state index contributed by atoms with van der Waals surface area (Å²) in [5, 5.41) is 5.94. The highest BCUT2D eigenvalue weighted by Crippen LogP contribution is 2.29. The third-order valence-electron chi connectivity index (χ3n) is 3.11. The van der Waals surface area contributed by atoms with Crippen LogP contribution < -0.4 is 20.1 Å². The smallest absolute Gasteiger partial charge is 0.260 e. The Kier molecular flexibility index (Phi) is 7.61. The molecule has 0 aliphatic carbocycles. The van der Waals surface area contributed by atoms with Gasteiger partial charge in [0.2, 0.25) is 0 Å². The topological polar surface area (TPSA) is 59.6 Å². The van der Waals surface area contributed by atoms with Crippen LogP contribution in [-0.4, -0.2) is 32.7 Å².